The zero-order valence-corrected chi connectivity index (χ0v) is 9.43. The van der Waals surface area contributed by atoms with E-state index in [4.69, 9.17) is 5.73 Å². The van der Waals surface area contributed by atoms with Gasteiger partial charge >= 0.3 is 0 Å². The van der Waals surface area contributed by atoms with E-state index in [0.717, 1.165) is 24.3 Å². The molecular weight excluding hydrogens is 158 g/mol. The van der Waals surface area contributed by atoms with Crippen LogP contribution in [0.25, 0.3) is 0 Å². The lowest BCUT2D eigenvalue weighted by Gasteiger charge is -2.65. The monoisotopic (exact) mass is 181 g/mol. The molecule has 3 rings (SSSR count). The first-order chi connectivity index (χ1) is 5.92. The fourth-order valence-corrected chi connectivity index (χ4v) is 3.75. The van der Waals surface area contributed by atoms with Gasteiger partial charge in [0.15, 0.2) is 0 Å². The van der Waals surface area contributed by atoms with Gasteiger partial charge in [-0.1, -0.05) is 27.7 Å². The molecule has 0 aromatic heterocycles. The summed E-state index contributed by atoms with van der Waals surface area (Å²) in [4.78, 5) is 0. The average molecular weight is 181 g/mol. The van der Waals surface area contributed by atoms with Crippen LogP contribution in [0.4, 0.5) is 0 Å². The average Bonchev–Trinajstić information content (AvgIpc) is 2.09. The van der Waals surface area contributed by atoms with E-state index in [1.165, 1.54) is 12.8 Å². The summed E-state index contributed by atoms with van der Waals surface area (Å²) < 4.78 is 0. The predicted molar refractivity (Wildman–Crippen MR) is 56.3 cm³/mol. The van der Waals surface area contributed by atoms with Crippen molar-refractivity contribution >= 4 is 0 Å². The molecule has 0 saturated heterocycles. The Morgan fingerprint density at radius 2 is 1.92 bits per heavy atom. The second kappa shape index (κ2) is 2.50. The SMILES string of the molecule is C[C@@H]1[C@H]2C[C@@H](CC1(C)CN)C2(C)C. The van der Waals surface area contributed by atoms with Crippen molar-refractivity contribution in [2.75, 3.05) is 6.54 Å². The predicted octanol–water partition coefficient (Wildman–Crippen LogP) is 2.65. The van der Waals surface area contributed by atoms with Crippen molar-refractivity contribution in [3.8, 4) is 0 Å². The maximum atomic E-state index is 5.90. The molecule has 1 nitrogen and oxygen atoms in total. The molecular formula is C12H23N. The Morgan fingerprint density at radius 1 is 1.31 bits per heavy atom. The van der Waals surface area contributed by atoms with Crippen LogP contribution >= 0.6 is 0 Å². The van der Waals surface area contributed by atoms with Gasteiger partial charge in [0.1, 0.15) is 0 Å². The van der Waals surface area contributed by atoms with E-state index in [1.807, 2.05) is 0 Å². The zero-order chi connectivity index (χ0) is 9.85. The minimum atomic E-state index is 0.434. The molecule has 4 atom stereocenters. The van der Waals surface area contributed by atoms with Crippen molar-refractivity contribution in [2.24, 2.45) is 34.3 Å². The van der Waals surface area contributed by atoms with E-state index in [9.17, 15) is 0 Å². The molecule has 0 radical (unpaired) electrons. The van der Waals surface area contributed by atoms with Crippen molar-refractivity contribution in [1.29, 1.82) is 0 Å². The van der Waals surface area contributed by atoms with Gasteiger partial charge < -0.3 is 5.73 Å². The van der Waals surface area contributed by atoms with Crippen LogP contribution < -0.4 is 5.73 Å². The van der Waals surface area contributed by atoms with E-state index >= 15 is 0 Å². The van der Waals surface area contributed by atoms with E-state index in [0.29, 0.717) is 10.8 Å². The molecule has 0 aromatic carbocycles. The van der Waals surface area contributed by atoms with Crippen LogP contribution in [-0.2, 0) is 0 Å². The third kappa shape index (κ3) is 1.03. The molecule has 1 unspecified atom stereocenters. The molecule has 3 saturated carbocycles. The lowest BCUT2D eigenvalue weighted by molar-refractivity contribution is -0.160. The summed E-state index contributed by atoms with van der Waals surface area (Å²) in [6.07, 6.45) is 2.82. The second-order valence-corrected chi connectivity index (χ2v) is 6.21. The van der Waals surface area contributed by atoms with Gasteiger partial charge in [-0.2, -0.15) is 0 Å². The summed E-state index contributed by atoms with van der Waals surface area (Å²) in [5.74, 6) is 2.69. The van der Waals surface area contributed by atoms with Crippen molar-refractivity contribution in [2.45, 2.75) is 40.5 Å². The minimum absolute atomic E-state index is 0.434. The molecule has 2 bridgehead atoms. The fourth-order valence-electron chi connectivity index (χ4n) is 3.75. The van der Waals surface area contributed by atoms with Gasteiger partial charge in [0.05, 0.1) is 0 Å². The summed E-state index contributed by atoms with van der Waals surface area (Å²) in [5, 5.41) is 0. The molecule has 0 heterocycles. The van der Waals surface area contributed by atoms with Crippen LogP contribution in [0.5, 0.6) is 0 Å². The topological polar surface area (TPSA) is 26.0 Å². The van der Waals surface area contributed by atoms with Gasteiger partial charge in [-0.05, 0) is 48.0 Å². The zero-order valence-electron chi connectivity index (χ0n) is 9.43. The van der Waals surface area contributed by atoms with Crippen LogP contribution in [-0.4, -0.2) is 6.54 Å². The van der Waals surface area contributed by atoms with Gasteiger partial charge in [0, 0.05) is 0 Å². The van der Waals surface area contributed by atoms with Crippen molar-refractivity contribution < 1.29 is 0 Å². The number of hydrogen-bond acceptors (Lipinski definition) is 1. The highest BCUT2D eigenvalue weighted by Gasteiger charge is 2.59. The number of rotatable bonds is 1. The number of hydrogen-bond donors (Lipinski definition) is 1. The standard InChI is InChI=1S/C12H23N/c1-8-10-5-9(11(10,2)3)6-12(8,4)7-13/h8-10H,5-7,13H2,1-4H3/t8-,9+,10-,12?/m1/s1. The lowest BCUT2D eigenvalue weighted by Crippen LogP contribution is -2.60. The molecule has 76 valence electrons. The van der Waals surface area contributed by atoms with Gasteiger partial charge in [-0.25, -0.2) is 0 Å². The Morgan fingerprint density at radius 3 is 2.31 bits per heavy atom. The Kier molecular flexibility index (Phi) is 1.83. The number of fused-ring (bicyclic) bond motifs is 2. The molecule has 0 aromatic rings. The first-order valence-electron chi connectivity index (χ1n) is 5.62. The Bertz CT molecular complexity index is 221. The van der Waals surface area contributed by atoms with Crippen LogP contribution in [0.3, 0.4) is 0 Å². The Hall–Kier alpha value is -0.0400. The quantitative estimate of drug-likeness (QED) is 0.661. The van der Waals surface area contributed by atoms with Crippen molar-refractivity contribution in [3.63, 3.8) is 0 Å². The van der Waals surface area contributed by atoms with Crippen LogP contribution in [0, 0.1) is 28.6 Å². The highest BCUT2D eigenvalue weighted by molar-refractivity contribution is 5.08. The molecule has 2 N–H and O–H groups in total. The van der Waals surface area contributed by atoms with Crippen LogP contribution in [0.15, 0.2) is 0 Å². The van der Waals surface area contributed by atoms with Crippen LogP contribution in [0.2, 0.25) is 0 Å². The van der Waals surface area contributed by atoms with Crippen molar-refractivity contribution in [1.82, 2.24) is 0 Å². The third-order valence-corrected chi connectivity index (χ3v) is 5.43. The van der Waals surface area contributed by atoms with E-state index < -0.39 is 0 Å². The van der Waals surface area contributed by atoms with E-state index in [2.05, 4.69) is 27.7 Å². The van der Waals surface area contributed by atoms with Crippen LogP contribution in [0.1, 0.15) is 40.5 Å². The Labute approximate surface area is 82.1 Å². The maximum Gasteiger partial charge on any atom is -0.00204 e. The summed E-state index contributed by atoms with van der Waals surface area (Å²) in [7, 11) is 0. The summed E-state index contributed by atoms with van der Waals surface area (Å²) in [6, 6.07) is 0. The van der Waals surface area contributed by atoms with Crippen molar-refractivity contribution in [3.05, 3.63) is 0 Å². The highest BCUT2D eigenvalue weighted by Crippen LogP contribution is 2.66. The molecule has 1 heteroatoms. The molecule has 13 heavy (non-hydrogen) atoms. The normalized spacial score (nSPS) is 52.8. The smallest absolute Gasteiger partial charge is 0.00204 e. The summed E-state index contributed by atoms with van der Waals surface area (Å²) in [5.41, 5.74) is 6.94. The first kappa shape index (κ1) is 9.51. The largest absolute Gasteiger partial charge is 0.330 e. The minimum Gasteiger partial charge on any atom is -0.330 e. The Balaban J connectivity index is 2.21. The summed E-state index contributed by atoms with van der Waals surface area (Å²) in [6.45, 7) is 10.6. The molecule has 0 aliphatic heterocycles. The van der Waals surface area contributed by atoms with Gasteiger partial charge in [-0.15, -0.1) is 0 Å². The highest BCUT2D eigenvalue weighted by atomic mass is 14.7. The molecule has 3 fully saturated rings. The molecule has 3 aliphatic rings. The van der Waals surface area contributed by atoms with E-state index in [1.54, 1.807) is 0 Å². The maximum absolute atomic E-state index is 5.90. The first-order valence-corrected chi connectivity index (χ1v) is 5.62. The second-order valence-electron chi connectivity index (χ2n) is 6.21. The molecule has 3 aliphatic carbocycles. The number of nitrogens with two attached hydrogens (primary N) is 1. The van der Waals surface area contributed by atoms with Gasteiger partial charge in [0.25, 0.3) is 0 Å². The van der Waals surface area contributed by atoms with Gasteiger partial charge in [0.2, 0.25) is 0 Å². The third-order valence-electron chi connectivity index (χ3n) is 5.43. The summed E-state index contributed by atoms with van der Waals surface area (Å²) >= 11 is 0. The van der Waals surface area contributed by atoms with E-state index in [-0.39, 0.29) is 0 Å². The molecule has 0 amide bonds. The fraction of sp³-hybridized carbons (Fsp3) is 1.00. The molecule has 0 spiro atoms. The lowest BCUT2D eigenvalue weighted by atomic mass is 9.40. The van der Waals surface area contributed by atoms with Gasteiger partial charge in [-0.3, -0.25) is 0 Å².